The van der Waals surface area contributed by atoms with Crippen molar-refractivity contribution in [2.45, 2.75) is 141 Å². The molecule has 1 aromatic heterocycles. The SMILES string of the molecule is C=C[C@@H]1O[C@@H]2C3=C(C)[C@@H](OC(=O)[C@H](O)[C@@H](NC(=O)OC(C)(C)C)c4ccccn4)C[C@@](O)([C@@H](C)[C@H]4[C@@](C)(CC[C@H]5OC[C@]54OC(C)=O)[C@@H]2O1)C3(C)C. The van der Waals surface area contributed by atoms with Crippen LogP contribution in [0.1, 0.15) is 93.3 Å². The first-order chi connectivity index (χ1) is 24.2. The zero-order valence-corrected chi connectivity index (χ0v) is 31.6. The Kier molecular flexibility index (Phi) is 9.73. The molecule has 1 amide bonds. The minimum Gasteiger partial charge on any atom is -0.456 e. The van der Waals surface area contributed by atoms with Crippen LogP contribution >= 0.6 is 0 Å². The van der Waals surface area contributed by atoms with E-state index in [-0.39, 0.29) is 24.8 Å². The molecule has 0 radical (unpaired) electrons. The minimum atomic E-state index is -1.89. The van der Waals surface area contributed by atoms with Crippen molar-refractivity contribution in [2.24, 2.45) is 22.7 Å². The Hall–Kier alpha value is -3.36. The van der Waals surface area contributed by atoms with Crippen LogP contribution in [0.15, 0.2) is 48.2 Å². The van der Waals surface area contributed by atoms with E-state index in [4.69, 9.17) is 28.4 Å². The monoisotopic (exact) mass is 726 g/mol. The number of hydrogen-bond acceptors (Lipinski definition) is 12. The van der Waals surface area contributed by atoms with Gasteiger partial charge in [-0.1, -0.05) is 40.3 Å². The van der Waals surface area contributed by atoms with Gasteiger partial charge in [0.25, 0.3) is 0 Å². The van der Waals surface area contributed by atoms with Crippen molar-refractivity contribution in [3.8, 4) is 0 Å². The first-order valence-electron chi connectivity index (χ1n) is 18.2. The molecule has 3 heterocycles. The number of nitrogens with one attached hydrogen (secondary N) is 1. The van der Waals surface area contributed by atoms with E-state index >= 15 is 0 Å². The van der Waals surface area contributed by atoms with Crippen LogP contribution in [0.4, 0.5) is 4.79 Å². The van der Waals surface area contributed by atoms with Crippen LogP contribution < -0.4 is 5.32 Å². The predicted octanol–water partition coefficient (Wildman–Crippen LogP) is 4.46. The summed E-state index contributed by atoms with van der Waals surface area (Å²) in [6.45, 7) is 20.4. The Morgan fingerprint density at radius 1 is 1.17 bits per heavy atom. The first kappa shape index (κ1) is 38.4. The van der Waals surface area contributed by atoms with Gasteiger partial charge in [0.2, 0.25) is 0 Å². The van der Waals surface area contributed by atoms with E-state index < -0.39 is 94.2 Å². The molecule has 3 N–H and O–H groups in total. The smallest absolute Gasteiger partial charge is 0.408 e. The van der Waals surface area contributed by atoms with Gasteiger partial charge in [-0.25, -0.2) is 9.59 Å². The molecule has 2 bridgehead atoms. The molecule has 5 aliphatic rings. The van der Waals surface area contributed by atoms with Crippen LogP contribution in [-0.2, 0) is 38.0 Å². The van der Waals surface area contributed by atoms with Gasteiger partial charge < -0.3 is 44.0 Å². The third kappa shape index (κ3) is 6.06. The van der Waals surface area contributed by atoms with Crippen LogP contribution in [0.25, 0.3) is 0 Å². The summed E-state index contributed by atoms with van der Waals surface area (Å²) in [6, 6.07) is 3.60. The molecule has 4 fully saturated rings. The summed E-state index contributed by atoms with van der Waals surface area (Å²) in [5, 5.41) is 27.4. The molecule has 0 spiro atoms. The molecule has 0 unspecified atom stereocenters. The van der Waals surface area contributed by atoms with Gasteiger partial charge in [0, 0.05) is 36.3 Å². The van der Waals surface area contributed by atoms with Crippen molar-refractivity contribution in [1.29, 1.82) is 0 Å². The Labute approximate surface area is 305 Å². The van der Waals surface area contributed by atoms with Crippen molar-refractivity contribution < 1.29 is 53.0 Å². The van der Waals surface area contributed by atoms with Gasteiger partial charge in [-0.05, 0) is 75.8 Å². The maximum absolute atomic E-state index is 14.0. The molecule has 1 aromatic rings. The fourth-order valence-electron chi connectivity index (χ4n) is 10.2. The number of aliphatic hydroxyl groups is 2. The van der Waals surface area contributed by atoms with Gasteiger partial charge in [0.15, 0.2) is 18.0 Å². The lowest BCUT2D eigenvalue weighted by molar-refractivity contribution is -0.337. The van der Waals surface area contributed by atoms with E-state index in [2.05, 4.69) is 23.8 Å². The van der Waals surface area contributed by atoms with Crippen molar-refractivity contribution in [3.05, 3.63) is 53.9 Å². The number of pyridine rings is 1. The number of rotatable bonds is 7. The van der Waals surface area contributed by atoms with Crippen LogP contribution in [0.5, 0.6) is 0 Å². The summed E-state index contributed by atoms with van der Waals surface area (Å²) in [5.41, 5.74) is -3.40. The average molecular weight is 727 g/mol. The lowest BCUT2D eigenvalue weighted by atomic mass is 9.43. The third-order valence-corrected chi connectivity index (χ3v) is 12.4. The van der Waals surface area contributed by atoms with Crippen molar-refractivity contribution in [1.82, 2.24) is 10.3 Å². The number of alkyl carbamates (subject to hydrolysis) is 1. The number of hydrogen-bond donors (Lipinski definition) is 3. The molecule has 6 rings (SSSR count). The van der Waals surface area contributed by atoms with Crippen LogP contribution in [0, 0.1) is 22.7 Å². The molecule has 52 heavy (non-hydrogen) atoms. The van der Waals surface area contributed by atoms with Gasteiger partial charge in [-0.3, -0.25) is 9.78 Å². The zero-order valence-electron chi connectivity index (χ0n) is 31.6. The highest BCUT2D eigenvalue weighted by Gasteiger charge is 2.75. The lowest BCUT2D eigenvalue weighted by Gasteiger charge is -2.68. The number of carbonyl (C=O) groups excluding carboxylic acids is 3. The molecule has 2 saturated heterocycles. The number of carbonyl (C=O) groups is 3. The fraction of sp³-hybridized carbons (Fsp3) is 0.692. The Bertz CT molecular complexity index is 1620. The van der Waals surface area contributed by atoms with E-state index in [1.165, 1.54) is 13.1 Å². The molecule has 13 heteroatoms. The van der Waals surface area contributed by atoms with Crippen LogP contribution in [-0.4, -0.2) is 93.4 Å². The van der Waals surface area contributed by atoms with Gasteiger partial charge >= 0.3 is 18.0 Å². The van der Waals surface area contributed by atoms with Gasteiger partial charge in [-0.15, -0.1) is 0 Å². The molecule has 2 saturated carbocycles. The van der Waals surface area contributed by atoms with E-state index in [0.717, 1.165) is 5.57 Å². The van der Waals surface area contributed by atoms with Crippen LogP contribution in [0.2, 0.25) is 0 Å². The summed E-state index contributed by atoms with van der Waals surface area (Å²) < 4.78 is 37.1. The standard InChI is InChI=1S/C39H54N2O11/c1-11-26-49-30-27-20(2)24(48-33(44)29(43)28(23-14-12-13-17-40-23)41-34(45)52-35(5,6)7)18-39(46,36(27,8)9)21(3)31-37(10,32(30)50-26)16-15-25-38(31,19-47-25)51-22(4)42/h11-14,17,21,24-26,28-32,43,46H,1,15-16,18-19H2,2-10H3,(H,41,45)/t21-,24-,25+,26+,28-,29+,30+,31-,32+,37+,38-,39+/m0/s1. The molecule has 3 aliphatic carbocycles. The largest absolute Gasteiger partial charge is 0.456 e. The van der Waals surface area contributed by atoms with Crippen molar-refractivity contribution >= 4 is 18.0 Å². The molecule has 2 aliphatic heterocycles. The summed E-state index contributed by atoms with van der Waals surface area (Å²) >= 11 is 0. The van der Waals surface area contributed by atoms with E-state index in [1.54, 1.807) is 45.0 Å². The Morgan fingerprint density at radius 3 is 2.46 bits per heavy atom. The van der Waals surface area contributed by atoms with Gasteiger partial charge in [0.1, 0.15) is 30.0 Å². The van der Waals surface area contributed by atoms with Gasteiger partial charge in [-0.2, -0.15) is 0 Å². The second-order valence-corrected chi connectivity index (χ2v) is 17.0. The summed E-state index contributed by atoms with van der Waals surface area (Å²) in [5.74, 6) is -2.47. The highest BCUT2D eigenvalue weighted by molar-refractivity contribution is 5.78. The van der Waals surface area contributed by atoms with Crippen LogP contribution in [0.3, 0.4) is 0 Å². The van der Waals surface area contributed by atoms with Crippen molar-refractivity contribution in [2.75, 3.05) is 6.61 Å². The summed E-state index contributed by atoms with van der Waals surface area (Å²) in [4.78, 5) is 43.9. The van der Waals surface area contributed by atoms with E-state index in [0.29, 0.717) is 18.4 Å². The molecule has 0 aromatic carbocycles. The number of aromatic nitrogens is 1. The number of esters is 2. The Balaban J connectivity index is 1.42. The first-order valence-corrected chi connectivity index (χ1v) is 18.2. The minimum absolute atomic E-state index is 0.0277. The number of ether oxygens (including phenoxy) is 6. The summed E-state index contributed by atoms with van der Waals surface area (Å²) in [7, 11) is 0. The summed E-state index contributed by atoms with van der Waals surface area (Å²) in [6.07, 6.45) is -1.76. The van der Waals surface area contributed by atoms with E-state index in [9.17, 15) is 24.6 Å². The van der Waals surface area contributed by atoms with Crippen molar-refractivity contribution in [3.63, 3.8) is 0 Å². The highest BCUT2D eigenvalue weighted by Crippen LogP contribution is 2.67. The fourth-order valence-corrected chi connectivity index (χ4v) is 10.2. The quantitative estimate of drug-likeness (QED) is 0.205. The van der Waals surface area contributed by atoms with Gasteiger partial charge in [0.05, 0.1) is 24.0 Å². The molecule has 286 valence electrons. The second-order valence-electron chi connectivity index (χ2n) is 17.0. The zero-order chi connectivity index (χ0) is 38.2. The number of fused-ring (bicyclic) bond motifs is 8. The van der Waals surface area contributed by atoms with E-state index in [1.807, 2.05) is 27.7 Å². The topological polar surface area (TPSA) is 172 Å². The Morgan fingerprint density at radius 2 is 1.88 bits per heavy atom. The predicted molar refractivity (Wildman–Crippen MR) is 186 cm³/mol. The number of aliphatic hydroxyl groups excluding tert-OH is 1. The molecular formula is C39H54N2O11. The molecule has 13 nitrogen and oxygen atoms in total. The number of nitrogens with zero attached hydrogens (tertiary/aromatic N) is 1. The maximum Gasteiger partial charge on any atom is 0.408 e. The normalized spacial score (nSPS) is 38.8. The molecular weight excluding hydrogens is 672 g/mol. The third-order valence-electron chi connectivity index (χ3n) is 12.4. The second kappa shape index (κ2) is 13.2. The number of amides is 1. The maximum atomic E-state index is 14.0. The average Bonchev–Trinajstić information content (AvgIpc) is 3.48. The lowest BCUT2D eigenvalue weighted by Crippen LogP contribution is -2.77. The highest BCUT2D eigenvalue weighted by atomic mass is 16.7. The molecule has 12 atom stereocenters.